The Kier molecular flexibility index (Phi) is 4.37. The van der Waals surface area contributed by atoms with E-state index in [4.69, 9.17) is 10.5 Å². The number of anilines is 1. The first kappa shape index (κ1) is 15.8. The van der Waals surface area contributed by atoms with Gasteiger partial charge in [-0.05, 0) is 37.3 Å². The van der Waals surface area contributed by atoms with Crippen LogP contribution in [0.4, 0.5) is 5.69 Å². The molecule has 0 fully saturated rings. The maximum absolute atomic E-state index is 12.3. The van der Waals surface area contributed by atoms with Crippen LogP contribution in [-0.2, 0) is 10.0 Å². The highest BCUT2D eigenvalue weighted by atomic mass is 32.2. The average molecular weight is 320 g/mol. The molecule has 0 aromatic heterocycles. The molecule has 0 aliphatic rings. The number of nitrogens with two attached hydrogens (primary N) is 1. The van der Waals surface area contributed by atoms with Gasteiger partial charge in [0, 0.05) is 5.56 Å². The molecule has 0 spiro atoms. The minimum absolute atomic E-state index is 0.138. The van der Waals surface area contributed by atoms with Gasteiger partial charge in [-0.3, -0.25) is 9.52 Å². The predicted molar refractivity (Wildman–Crippen MR) is 83.5 cm³/mol. The van der Waals surface area contributed by atoms with Crippen LogP contribution in [0, 0.1) is 6.92 Å². The van der Waals surface area contributed by atoms with Crippen LogP contribution in [0.1, 0.15) is 15.9 Å². The lowest BCUT2D eigenvalue weighted by Crippen LogP contribution is -2.15. The standard InChI is InChI=1S/C15H16N2O4S/c1-10-3-6-12(7-4-10)22(19,20)17-13-8-5-11(15(16)18)9-14(13)21-2/h3-9,17H,1-2H3,(H2,16,18). The van der Waals surface area contributed by atoms with Crippen molar-refractivity contribution in [1.82, 2.24) is 0 Å². The third-order valence-electron chi connectivity index (χ3n) is 3.06. The third-order valence-corrected chi connectivity index (χ3v) is 4.44. The zero-order valence-corrected chi connectivity index (χ0v) is 13.0. The van der Waals surface area contributed by atoms with Gasteiger partial charge in [-0.15, -0.1) is 0 Å². The van der Waals surface area contributed by atoms with Gasteiger partial charge < -0.3 is 10.5 Å². The van der Waals surface area contributed by atoms with E-state index >= 15 is 0 Å². The Bertz CT molecular complexity index is 799. The maximum atomic E-state index is 12.3. The van der Waals surface area contributed by atoms with Crippen LogP contribution >= 0.6 is 0 Å². The van der Waals surface area contributed by atoms with Gasteiger partial charge in [0.1, 0.15) is 5.75 Å². The Labute approximate surface area is 129 Å². The first-order valence-corrected chi connectivity index (χ1v) is 7.89. The molecule has 0 heterocycles. The van der Waals surface area contributed by atoms with Crippen molar-refractivity contribution in [2.45, 2.75) is 11.8 Å². The molecule has 1 amide bonds. The van der Waals surface area contributed by atoms with Crippen molar-refractivity contribution in [3.63, 3.8) is 0 Å². The maximum Gasteiger partial charge on any atom is 0.262 e. The Morgan fingerprint density at radius 2 is 1.77 bits per heavy atom. The monoisotopic (exact) mass is 320 g/mol. The first-order chi connectivity index (χ1) is 10.3. The minimum atomic E-state index is -3.74. The van der Waals surface area contributed by atoms with Gasteiger partial charge in [0.15, 0.2) is 0 Å². The Morgan fingerprint density at radius 3 is 2.32 bits per heavy atom. The SMILES string of the molecule is COc1cc(C(N)=O)ccc1NS(=O)(=O)c1ccc(C)cc1. The molecule has 0 radical (unpaired) electrons. The summed E-state index contributed by atoms with van der Waals surface area (Å²) >= 11 is 0. The summed E-state index contributed by atoms with van der Waals surface area (Å²) in [4.78, 5) is 11.3. The molecule has 0 bridgehead atoms. The van der Waals surface area contributed by atoms with E-state index in [9.17, 15) is 13.2 Å². The number of primary amides is 1. The van der Waals surface area contributed by atoms with E-state index in [1.165, 1.54) is 37.4 Å². The molecule has 116 valence electrons. The number of amides is 1. The van der Waals surface area contributed by atoms with Crippen molar-refractivity contribution in [3.8, 4) is 5.75 Å². The summed E-state index contributed by atoms with van der Waals surface area (Å²) in [5.74, 6) is -0.404. The summed E-state index contributed by atoms with van der Waals surface area (Å²) < 4.78 is 32.2. The molecule has 7 heteroatoms. The number of methoxy groups -OCH3 is 1. The van der Waals surface area contributed by atoms with E-state index in [2.05, 4.69) is 4.72 Å². The summed E-state index contributed by atoms with van der Waals surface area (Å²) in [5.41, 5.74) is 6.61. The molecule has 3 N–H and O–H groups in total. The lowest BCUT2D eigenvalue weighted by Gasteiger charge is -2.12. The highest BCUT2D eigenvalue weighted by Gasteiger charge is 2.17. The van der Waals surface area contributed by atoms with E-state index in [1.807, 2.05) is 6.92 Å². The summed E-state index contributed by atoms with van der Waals surface area (Å²) in [6.45, 7) is 1.87. The molecule has 0 saturated heterocycles. The number of sulfonamides is 1. The average Bonchev–Trinajstić information content (AvgIpc) is 2.47. The van der Waals surface area contributed by atoms with E-state index < -0.39 is 15.9 Å². The van der Waals surface area contributed by atoms with Gasteiger partial charge in [0.05, 0.1) is 17.7 Å². The smallest absolute Gasteiger partial charge is 0.262 e. The molecule has 0 unspecified atom stereocenters. The lowest BCUT2D eigenvalue weighted by molar-refractivity contribution is 0.1000. The molecule has 2 aromatic carbocycles. The van der Waals surface area contributed by atoms with Gasteiger partial charge >= 0.3 is 0 Å². The van der Waals surface area contributed by atoms with Gasteiger partial charge in [-0.25, -0.2) is 8.42 Å². The number of aryl methyl sites for hydroxylation is 1. The van der Waals surface area contributed by atoms with Crippen molar-refractivity contribution in [2.24, 2.45) is 5.73 Å². The van der Waals surface area contributed by atoms with Gasteiger partial charge in [0.25, 0.3) is 10.0 Å². The highest BCUT2D eigenvalue weighted by molar-refractivity contribution is 7.92. The van der Waals surface area contributed by atoms with Crippen LogP contribution in [-0.4, -0.2) is 21.4 Å². The number of rotatable bonds is 5. The van der Waals surface area contributed by atoms with Crippen LogP contribution in [0.3, 0.4) is 0 Å². The van der Waals surface area contributed by atoms with E-state index in [1.54, 1.807) is 12.1 Å². The number of ether oxygens (including phenoxy) is 1. The number of hydrogen-bond donors (Lipinski definition) is 2. The minimum Gasteiger partial charge on any atom is -0.495 e. The molecule has 0 aliphatic heterocycles. The fraction of sp³-hybridized carbons (Fsp3) is 0.133. The fourth-order valence-electron chi connectivity index (χ4n) is 1.85. The normalized spacial score (nSPS) is 11.0. The summed E-state index contributed by atoms with van der Waals surface area (Å²) in [7, 11) is -2.36. The van der Waals surface area contributed by atoms with Crippen LogP contribution in [0.15, 0.2) is 47.4 Å². The molecule has 22 heavy (non-hydrogen) atoms. The lowest BCUT2D eigenvalue weighted by atomic mass is 10.2. The molecular formula is C15H16N2O4S. The van der Waals surface area contributed by atoms with Gasteiger partial charge in [0.2, 0.25) is 5.91 Å². The van der Waals surface area contributed by atoms with Crippen LogP contribution in [0.25, 0.3) is 0 Å². The van der Waals surface area contributed by atoms with Gasteiger partial charge in [-0.2, -0.15) is 0 Å². The second-order valence-corrected chi connectivity index (χ2v) is 6.38. The molecule has 2 rings (SSSR count). The molecular weight excluding hydrogens is 304 g/mol. The summed E-state index contributed by atoms with van der Waals surface area (Å²) in [6, 6.07) is 10.7. The topological polar surface area (TPSA) is 98.5 Å². The Balaban J connectivity index is 2.37. The number of carbonyl (C=O) groups excluding carboxylic acids is 1. The third kappa shape index (κ3) is 3.37. The van der Waals surface area contributed by atoms with Crippen LogP contribution in [0.2, 0.25) is 0 Å². The largest absolute Gasteiger partial charge is 0.495 e. The highest BCUT2D eigenvalue weighted by Crippen LogP contribution is 2.28. The Hall–Kier alpha value is -2.54. The van der Waals surface area contributed by atoms with Crippen molar-refractivity contribution < 1.29 is 17.9 Å². The second kappa shape index (κ2) is 6.07. The molecule has 6 nitrogen and oxygen atoms in total. The first-order valence-electron chi connectivity index (χ1n) is 6.41. The van der Waals surface area contributed by atoms with E-state index in [0.29, 0.717) is 0 Å². The number of nitrogens with one attached hydrogen (secondary N) is 1. The van der Waals surface area contributed by atoms with Crippen LogP contribution < -0.4 is 15.2 Å². The van der Waals surface area contributed by atoms with Crippen molar-refractivity contribution in [1.29, 1.82) is 0 Å². The molecule has 0 atom stereocenters. The van der Waals surface area contributed by atoms with Crippen LogP contribution in [0.5, 0.6) is 5.75 Å². The predicted octanol–water partition coefficient (Wildman–Crippen LogP) is 1.90. The number of hydrogen-bond acceptors (Lipinski definition) is 4. The zero-order chi connectivity index (χ0) is 16.3. The quantitative estimate of drug-likeness (QED) is 0.879. The van der Waals surface area contributed by atoms with Crippen molar-refractivity contribution in [2.75, 3.05) is 11.8 Å². The zero-order valence-electron chi connectivity index (χ0n) is 12.2. The van der Waals surface area contributed by atoms with Gasteiger partial charge in [-0.1, -0.05) is 17.7 Å². The molecule has 0 aliphatic carbocycles. The van der Waals surface area contributed by atoms with E-state index in [0.717, 1.165) is 5.56 Å². The molecule has 2 aromatic rings. The number of carbonyl (C=O) groups is 1. The van der Waals surface area contributed by atoms with Crippen molar-refractivity contribution in [3.05, 3.63) is 53.6 Å². The van der Waals surface area contributed by atoms with Crippen molar-refractivity contribution >= 4 is 21.6 Å². The number of benzene rings is 2. The fourth-order valence-corrected chi connectivity index (χ4v) is 2.92. The summed E-state index contributed by atoms with van der Waals surface area (Å²) in [6.07, 6.45) is 0. The second-order valence-electron chi connectivity index (χ2n) is 4.70. The Morgan fingerprint density at radius 1 is 1.14 bits per heavy atom. The summed E-state index contributed by atoms with van der Waals surface area (Å²) in [5, 5.41) is 0. The van der Waals surface area contributed by atoms with E-state index in [-0.39, 0.29) is 21.9 Å². The molecule has 0 saturated carbocycles.